The van der Waals surface area contributed by atoms with Crippen molar-refractivity contribution in [3.63, 3.8) is 0 Å². The lowest BCUT2D eigenvalue weighted by Crippen LogP contribution is -2.50. The Hall–Kier alpha value is -1.60. The van der Waals surface area contributed by atoms with Crippen LogP contribution in [0.1, 0.15) is 30.0 Å². The number of nitrogens with zero attached hydrogens (tertiary/aromatic N) is 2. The minimum absolute atomic E-state index is 0.0689. The number of methoxy groups -OCH3 is 1. The molecular weight excluding hydrogens is 328 g/mol. The molecule has 1 aliphatic heterocycles. The van der Waals surface area contributed by atoms with Crippen molar-refractivity contribution >= 4 is 15.9 Å². The molecule has 0 unspecified atom stereocenters. The molecule has 2 rings (SSSR count). The highest BCUT2D eigenvalue weighted by molar-refractivity contribution is 7.89. The largest absolute Gasteiger partial charge is 0.496 e. The Morgan fingerprint density at radius 1 is 1.12 bits per heavy atom. The topological polar surface area (TPSA) is 66.9 Å². The number of hydrogen-bond donors (Lipinski definition) is 0. The van der Waals surface area contributed by atoms with Crippen molar-refractivity contribution in [1.29, 1.82) is 0 Å². The summed E-state index contributed by atoms with van der Waals surface area (Å²) in [5.41, 5.74) is 2.36. The van der Waals surface area contributed by atoms with Gasteiger partial charge in [0.2, 0.25) is 15.9 Å². The molecule has 7 heteroatoms. The van der Waals surface area contributed by atoms with Crippen LogP contribution in [0.5, 0.6) is 5.75 Å². The minimum Gasteiger partial charge on any atom is -0.496 e. The molecule has 24 heavy (non-hydrogen) atoms. The van der Waals surface area contributed by atoms with Crippen LogP contribution in [0.15, 0.2) is 11.0 Å². The lowest BCUT2D eigenvalue weighted by molar-refractivity contribution is -0.132. The maximum atomic E-state index is 13.0. The first-order chi connectivity index (χ1) is 11.2. The van der Waals surface area contributed by atoms with E-state index in [1.165, 1.54) is 4.31 Å². The van der Waals surface area contributed by atoms with Gasteiger partial charge in [0.15, 0.2) is 0 Å². The number of aryl methyl sites for hydroxylation is 1. The highest BCUT2D eigenvalue weighted by Gasteiger charge is 2.31. The standard InChI is InChI=1S/C17H26N2O4S/c1-6-16(20)18-7-9-19(10-8-18)24(21,22)15-11-12(2)17(23-5)14(4)13(15)3/h11H,6-10H2,1-5H3. The summed E-state index contributed by atoms with van der Waals surface area (Å²) in [4.78, 5) is 13.8. The summed E-state index contributed by atoms with van der Waals surface area (Å²) in [6.45, 7) is 8.90. The molecule has 1 fully saturated rings. The van der Waals surface area contributed by atoms with Crippen molar-refractivity contribution < 1.29 is 17.9 Å². The van der Waals surface area contributed by atoms with Gasteiger partial charge in [0.25, 0.3) is 0 Å². The van der Waals surface area contributed by atoms with Crippen molar-refractivity contribution in [2.24, 2.45) is 0 Å². The Kier molecular flexibility index (Phi) is 5.55. The van der Waals surface area contributed by atoms with Crippen molar-refractivity contribution in [2.45, 2.75) is 39.0 Å². The second-order valence-corrected chi connectivity index (χ2v) is 8.02. The molecule has 0 bridgehead atoms. The second kappa shape index (κ2) is 7.11. The summed E-state index contributed by atoms with van der Waals surface area (Å²) in [7, 11) is -1.99. The van der Waals surface area contributed by atoms with Crippen LogP contribution in [0, 0.1) is 20.8 Å². The first-order valence-electron chi connectivity index (χ1n) is 8.16. The van der Waals surface area contributed by atoms with Gasteiger partial charge in [-0.15, -0.1) is 0 Å². The van der Waals surface area contributed by atoms with Crippen molar-refractivity contribution in [1.82, 2.24) is 9.21 Å². The second-order valence-electron chi connectivity index (χ2n) is 6.11. The highest BCUT2D eigenvalue weighted by atomic mass is 32.2. The van der Waals surface area contributed by atoms with Crippen LogP contribution < -0.4 is 4.74 Å². The molecule has 134 valence electrons. The average molecular weight is 354 g/mol. The molecule has 1 aliphatic rings. The molecule has 0 saturated carbocycles. The minimum atomic E-state index is -3.58. The number of hydrogen-bond acceptors (Lipinski definition) is 4. The predicted molar refractivity (Wildman–Crippen MR) is 92.8 cm³/mol. The van der Waals surface area contributed by atoms with Crippen LogP contribution in [-0.4, -0.2) is 56.8 Å². The Morgan fingerprint density at radius 2 is 1.71 bits per heavy atom. The molecule has 0 spiro atoms. The molecule has 0 aromatic heterocycles. The van der Waals surface area contributed by atoms with E-state index in [9.17, 15) is 13.2 Å². The third-order valence-electron chi connectivity index (χ3n) is 4.69. The van der Waals surface area contributed by atoms with Gasteiger partial charge in [-0.2, -0.15) is 4.31 Å². The third kappa shape index (κ3) is 3.28. The number of sulfonamides is 1. The summed E-state index contributed by atoms with van der Waals surface area (Å²) in [5.74, 6) is 0.796. The molecule has 1 amide bonds. The number of piperazine rings is 1. The SMILES string of the molecule is CCC(=O)N1CCN(S(=O)(=O)c2cc(C)c(OC)c(C)c2C)CC1. The van der Waals surface area contributed by atoms with E-state index in [4.69, 9.17) is 4.74 Å². The predicted octanol–water partition coefficient (Wildman–Crippen LogP) is 1.86. The zero-order valence-electron chi connectivity index (χ0n) is 15.0. The monoisotopic (exact) mass is 354 g/mol. The van der Waals surface area contributed by atoms with Gasteiger partial charge in [0.05, 0.1) is 12.0 Å². The van der Waals surface area contributed by atoms with E-state index in [1.807, 2.05) is 20.8 Å². The number of carbonyl (C=O) groups excluding carboxylic acids is 1. The molecular formula is C17H26N2O4S. The fourth-order valence-electron chi connectivity index (χ4n) is 3.14. The maximum Gasteiger partial charge on any atom is 0.243 e. The summed E-state index contributed by atoms with van der Waals surface area (Å²) < 4.78 is 32.9. The van der Waals surface area contributed by atoms with Crippen LogP contribution in [0.3, 0.4) is 0 Å². The van der Waals surface area contributed by atoms with E-state index in [-0.39, 0.29) is 5.91 Å². The summed E-state index contributed by atoms with van der Waals surface area (Å²) in [6, 6.07) is 1.68. The van der Waals surface area contributed by atoms with Gasteiger partial charge in [-0.25, -0.2) is 8.42 Å². The normalized spacial score (nSPS) is 16.3. The van der Waals surface area contributed by atoms with Crippen LogP contribution in [0.4, 0.5) is 0 Å². The van der Waals surface area contributed by atoms with E-state index >= 15 is 0 Å². The van der Waals surface area contributed by atoms with Gasteiger partial charge in [-0.3, -0.25) is 4.79 Å². The lowest BCUT2D eigenvalue weighted by Gasteiger charge is -2.34. The Morgan fingerprint density at radius 3 is 2.21 bits per heavy atom. The molecule has 0 aliphatic carbocycles. The highest BCUT2D eigenvalue weighted by Crippen LogP contribution is 2.32. The molecule has 6 nitrogen and oxygen atoms in total. The molecule has 0 atom stereocenters. The summed E-state index contributed by atoms with van der Waals surface area (Å²) in [6.07, 6.45) is 0.447. The molecule has 1 heterocycles. The van der Waals surface area contributed by atoms with Crippen LogP contribution >= 0.6 is 0 Å². The van der Waals surface area contributed by atoms with E-state index in [1.54, 1.807) is 25.0 Å². The van der Waals surface area contributed by atoms with E-state index in [2.05, 4.69) is 0 Å². The van der Waals surface area contributed by atoms with E-state index in [0.29, 0.717) is 43.1 Å². The number of ether oxygens (including phenoxy) is 1. The summed E-state index contributed by atoms with van der Waals surface area (Å²) >= 11 is 0. The molecule has 0 N–H and O–H groups in total. The van der Waals surface area contributed by atoms with Crippen LogP contribution in [0.25, 0.3) is 0 Å². The quantitative estimate of drug-likeness (QED) is 0.828. The smallest absolute Gasteiger partial charge is 0.243 e. The first-order valence-corrected chi connectivity index (χ1v) is 9.60. The van der Waals surface area contributed by atoms with E-state index < -0.39 is 10.0 Å². The van der Waals surface area contributed by atoms with Gasteiger partial charge in [-0.1, -0.05) is 6.92 Å². The number of benzene rings is 1. The number of amides is 1. The van der Waals surface area contributed by atoms with Crippen LogP contribution in [-0.2, 0) is 14.8 Å². The van der Waals surface area contributed by atoms with Crippen molar-refractivity contribution in [3.05, 3.63) is 22.8 Å². The Balaban J connectivity index is 2.31. The van der Waals surface area contributed by atoms with Gasteiger partial charge in [-0.05, 0) is 43.5 Å². The third-order valence-corrected chi connectivity index (χ3v) is 6.72. The average Bonchev–Trinajstić information content (AvgIpc) is 2.57. The lowest BCUT2D eigenvalue weighted by atomic mass is 10.1. The molecule has 0 radical (unpaired) electrons. The van der Waals surface area contributed by atoms with E-state index in [0.717, 1.165) is 16.9 Å². The number of carbonyl (C=O) groups is 1. The van der Waals surface area contributed by atoms with Crippen molar-refractivity contribution in [3.8, 4) is 5.75 Å². The maximum absolute atomic E-state index is 13.0. The van der Waals surface area contributed by atoms with Gasteiger partial charge in [0, 0.05) is 32.6 Å². The fraction of sp³-hybridized carbons (Fsp3) is 0.588. The molecule has 1 saturated heterocycles. The number of rotatable bonds is 4. The zero-order valence-corrected chi connectivity index (χ0v) is 15.9. The van der Waals surface area contributed by atoms with Crippen LogP contribution in [0.2, 0.25) is 0 Å². The van der Waals surface area contributed by atoms with Gasteiger partial charge < -0.3 is 9.64 Å². The summed E-state index contributed by atoms with van der Waals surface area (Å²) in [5, 5.41) is 0. The zero-order chi connectivity index (χ0) is 18.1. The Labute approximate surface area is 144 Å². The first kappa shape index (κ1) is 18.7. The van der Waals surface area contributed by atoms with Gasteiger partial charge in [0.1, 0.15) is 5.75 Å². The Bertz CT molecular complexity index is 735. The van der Waals surface area contributed by atoms with Crippen molar-refractivity contribution in [2.75, 3.05) is 33.3 Å². The van der Waals surface area contributed by atoms with Gasteiger partial charge >= 0.3 is 0 Å². The fourth-order valence-corrected chi connectivity index (χ4v) is 4.93. The molecule has 1 aromatic carbocycles. The molecule has 1 aromatic rings.